The third kappa shape index (κ3) is 2.24. The molecule has 2 nitrogen and oxygen atoms in total. The van der Waals surface area contributed by atoms with E-state index in [1.165, 1.54) is 5.56 Å². The molecule has 1 atom stereocenters. The van der Waals surface area contributed by atoms with Crippen molar-refractivity contribution < 1.29 is 9.64 Å². The normalized spacial score (nSPS) is 12.6. The van der Waals surface area contributed by atoms with Gasteiger partial charge < -0.3 is 9.64 Å². The Morgan fingerprint density at radius 2 is 2.08 bits per heavy atom. The van der Waals surface area contributed by atoms with E-state index in [-0.39, 0.29) is 0 Å². The summed E-state index contributed by atoms with van der Waals surface area (Å²) < 4.78 is 5.21. The maximum absolute atomic E-state index is 5.21. The maximum atomic E-state index is 5.21. The zero-order valence-corrected chi connectivity index (χ0v) is 7.63. The number of nitrogens with one attached hydrogen (secondary N) is 1. The molecule has 1 rings (SSSR count). The molecular formula is C10H15NO. The van der Waals surface area contributed by atoms with E-state index in [1.807, 2.05) is 25.2 Å². The molecule has 0 aromatic heterocycles. The fourth-order valence-corrected chi connectivity index (χ4v) is 1.17. The average molecular weight is 165 g/mol. The first-order valence-electron chi connectivity index (χ1n) is 4.00. The van der Waals surface area contributed by atoms with Gasteiger partial charge in [-0.2, -0.15) is 7.05 Å². The summed E-state index contributed by atoms with van der Waals surface area (Å²) >= 11 is 0. The van der Waals surface area contributed by atoms with Crippen LogP contribution < -0.4 is 9.64 Å². The number of para-hydroxylation sites is 1. The molecule has 1 unspecified atom stereocenters. The lowest BCUT2D eigenvalue weighted by Gasteiger charge is -2.15. The Balaban J connectivity index is 2.82. The molecule has 1 N–H and O–H groups in total. The highest BCUT2D eigenvalue weighted by molar-refractivity contribution is 5.32. The van der Waals surface area contributed by atoms with Gasteiger partial charge in [0.1, 0.15) is 5.75 Å². The van der Waals surface area contributed by atoms with Gasteiger partial charge in [-0.15, -0.1) is 0 Å². The van der Waals surface area contributed by atoms with E-state index in [4.69, 9.17) is 4.74 Å². The highest BCUT2D eigenvalue weighted by atomic mass is 16.5. The zero-order valence-electron chi connectivity index (χ0n) is 7.63. The van der Waals surface area contributed by atoms with Crippen molar-refractivity contribution in [3.63, 3.8) is 0 Å². The minimum Gasteiger partial charge on any atom is -0.496 e. The fourth-order valence-electron chi connectivity index (χ4n) is 1.17. The Labute approximate surface area is 73.8 Å². The first-order valence-corrected chi connectivity index (χ1v) is 4.00. The molecule has 0 bridgehead atoms. The second-order valence-electron chi connectivity index (χ2n) is 2.95. The molecular weight excluding hydrogens is 150 g/mol. The van der Waals surface area contributed by atoms with Gasteiger partial charge in [0, 0.05) is 12.6 Å². The molecule has 0 aliphatic carbocycles. The summed E-state index contributed by atoms with van der Waals surface area (Å²) in [6, 6.07) is 8.02. The van der Waals surface area contributed by atoms with E-state index in [1.54, 1.807) is 7.11 Å². The van der Waals surface area contributed by atoms with Crippen LogP contribution in [0.1, 0.15) is 5.56 Å². The molecule has 1 aromatic carbocycles. The molecule has 66 valence electrons. The first-order chi connectivity index (χ1) is 5.74. The highest BCUT2D eigenvalue weighted by Crippen LogP contribution is 2.15. The molecule has 12 heavy (non-hydrogen) atoms. The van der Waals surface area contributed by atoms with Crippen LogP contribution in [-0.4, -0.2) is 14.2 Å². The highest BCUT2D eigenvalue weighted by Gasteiger charge is 2.01. The summed E-state index contributed by atoms with van der Waals surface area (Å²) in [5.74, 6) is 0.945. The quantitative estimate of drug-likeness (QED) is 0.644. The van der Waals surface area contributed by atoms with Crippen LogP contribution in [0.3, 0.4) is 0 Å². The Morgan fingerprint density at radius 1 is 1.42 bits per heavy atom. The lowest BCUT2D eigenvalue weighted by molar-refractivity contribution is -0.846. The number of hydrogen-bond acceptors (Lipinski definition) is 1. The summed E-state index contributed by atoms with van der Waals surface area (Å²) in [5.41, 5.74) is 1.20. The van der Waals surface area contributed by atoms with Crippen molar-refractivity contribution in [2.75, 3.05) is 14.2 Å². The summed E-state index contributed by atoms with van der Waals surface area (Å²) in [6.07, 6.45) is 0. The Morgan fingerprint density at radius 3 is 2.67 bits per heavy atom. The Hall–Kier alpha value is -1.02. The third-order valence-electron chi connectivity index (χ3n) is 1.68. The summed E-state index contributed by atoms with van der Waals surface area (Å²) in [4.78, 5) is 1.15. The number of hydrogen-bond donors (Lipinski definition) is 1. The fraction of sp³-hybridized carbons (Fsp3) is 0.300. The zero-order chi connectivity index (χ0) is 8.97. The summed E-state index contributed by atoms with van der Waals surface area (Å²) in [6.45, 7) is 0.893. The molecule has 0 saturated carbocycles. The number of rotatable bonds is 3. The van der Waals surface area contributed by atoms with Gasteiger partial charge in [-0.1, -0.05) is 12.1 Å². The van der Waals surface area contributed by atoms with Crippen molar-refractivity contribution in [3.8, 4) is 5.75 Å². The van der Waals surface area contributed by atoms with Crippen molar-refractivity contribution in [3.05, 3.63) is 36.9 Å². The van der Waals surface area contributed by atoms with Crippen LogP contribution in [0.25, 0.3) is 0 Å². The van der Waals surface area contributed by atoms with Gasteiger partial charge in [-0.05, 0) is 12.1 Å². The van der Waals surface area contributed by atoms with Crippen LogP contribution in [0, 0.1) is 7.05 Å². The van der Waals surface area contributed by atoms with Crippen molar-refractivity contribution in [1.82, 2.24) is 0 Å². The van der Waals surface area contributed by atoms with Crippen LogP contribution in [0.5, 0.6) is 5.75 Å². The minimum absolute atomic E-state index is 0.893. The first kappa shape index (κ1) is 9.07. The van der Waals surface area contributed by atoms with E-state index in [0.717, 1.165) is 17.2 Å². The smallest absolute Gasteiger partial charge is 0.127 e. The summed E-state index contributed by atoms with van der Waals surface area (Å²) in [7, 11) is 7.58. The number of methoxy groups -OCH3 is 1. The molecule has 0 amide bonds. The minimum atomic E-state index is 0.893. The van der Waals surface area contributed by atoms with Crippen molar-refractivity contribution in [2.45, 2.75) is 6.54 Å². The van der Waals surface area contributed by atoms with Crippen LogP contribution in [0.4, 0.5) is 0 Å². The van der Waals surface area contributed by atoms with Gasteiger partial charge in [0.2, 0.25) is 0 Å². The molecule has 0 radical (unpaired) electrons. The van der Waals surface area contributed by atoms with E-state index in [9.17, 15) is 0 Å². The van der Waals surface area contributed by atoms with E-state index in [2.05, 4.69) is 13.1 Å². The van der Waals surface area contributed by atoms with Crippen LogP contribution in [0.2, 0.25) is 0 Å². The molecule has 2 heteroatoms. The van der Waals surface area contributed by atoms with Gasteiger partial charge in [-0.3, -0.25) is 0 Å². The Kier molecular flexibility index (Phi) is 3.11. The second-order valence-corrected chi connectivity index (χ2v) is 2.95. The van der Waals surface area contributed by atoms with Gasteiger partial charge >= 0.3 is 0 Å². The molecule has 0 aliphatic heterocycles. The molecule has 0 saturated heterocycles. The van der Waals surface area contributed by atoms with E-state index >= 15 is 0 Å². The third-order valence-corrected chi connectivity index (χ3v) is 1.68. The lowest BCUT2D eigenvalue weighted by Crippen LogP contribution is -3.01. The van der Waals surface area contributed by atoms with Crippen molar-refractivity contribution in [1.29, 1.82) is 0 Å². The van der Waals surface area contributed by atoms with Crippen LogP contribution >= 0.6 is 0 Å². The molecule has 1 aromatic rings. The second kappa shape index (κ2) is 4.12. The molecule has 0 fully saturated rings. The van der Waals surface area contributed by atoms with E-state index < -0.39 is 0 Å². The topological polar surface area (TPSA) is 13.7 Å². The van der Waals surface area contributed by atoms with Crippen LogP contribution in [0.15, 0.2) is 24.3 Å². The number of ether oxygens (including phenoxy) is 1. The van der Waals surface area contributed by atoms with Crippen molar-refractivity contribution in [2.24, 2.45) is 0 Å². The maximum Gasteiger partial charge on any atom is 0.127 e. The van der Waals surface area contributed by atoms with Crippen LogP contribution in [-0.2, 0) is 6.54 Å². The largest absolute Gasteiger partial charge is 0.496 e. The predicted octanol–water partition coefficient (Wildman–Crippen LogP) is 0.501. The molecule has 0 heterocycles. The summed E-state index contributed by atoms with van der Waals surface area (Å²) in [5, 5.41) is 0. The van der Waals surface area contributed by atoms with Gasteiger partial charge in [0.15, 0.2) is 0 Å². The van der Waals surface area contributed by atoms with Gasteiger partial charge in [-0.25, -0.2) is 0 Å². The Bertz CT molecular complexity index is 245. The van der Waals surface area contributed by atoms with E-state index in [0.29, 0.717) is 0 Å². The van der Waals surface area contributed by atoms with Gasteiger partial charge in [0.25, 0.3) is 0 Å². The average Bonchev–Trinajstić information content (AvgIpc) is 2.04. The monoisotopic (exact) mass is 165 g/mol. The number of quaternary nitrogens is 1. The predicted molar refractivity (Wildman–Crippen MR) is 48.9 cm³/mol. The number of benzene rings is 1. The SMILES string of the molecule is [CH2-][NH+](C)Cc1ccccc1OC. The lowest BCUT2D eigenvalue weighted by atomic mass is 10.2. The molecule has 0 aliphatic rings. The standard InChI is InChI=1S/C10H15NO/c1-11(2)8-9-6-4-5-7-10(9)12-3/h4-7,11H,1,8H2,2-3H3. The van der Waals surface area contributed by atoms with Crippen molar-refractivity contribution >= 4 is 0 Å². The van der Waals surface area contributed by atoms with Gasteiger partial charge in [0.05, 0.1) is 13.7 Å². The molecule has 0 spiro atoms.